The van der Waals surface area contributed by atoms with Gasteiger partial charge < -0.3 is 123 Å². The van der Waals surface area contributed by atoms with Crippen LogP contribution in [0.25, 0.3) is 0 Å². The van der Waals surface area contributed by atoms with Gasteiger partial charge in [-0.2, -0.15) is 65.9 Å². The topological polar surface area (TPSA) is 677 Å². The Morgan fingerprint density at radius 1 is 0.419 bits per heavy atom. The van der Waals surface area contributed by atoms with E-state index in [0.717, 1.165) is 19.3 Å². The predicted molar refractivity (Wildman–Crippen MR) is 374 cm³/mol. The molecule has 0 aromatic rings. The summed E-state index contributed by atoms with van der Waals surface area (Å²) in [5, 5.41) is 85.1. The molecule has 28 N–H and O–H groups in total. The summed E-state index contributed by atoms with van der Waals surface area (Å²) in [6, 6.07) is -14.5. The first-order chi connectivity index (χ1) is 53.4. The second-order valence-electron chi connectivity index (χ2n) is 26.0. The third kappa shape index (κ3) is 53.9. The van der Waals surface area contributed by atoms with E-state index in [2.05, 4.69) is 72.3 Å². The van der Waals surface area contributed by atoms with E-state index in [0.29, 0.717) is 12.3 Å². The van der Waals surface area contributed by atoms with Crippen molar-refractivity contribution < 1.29 is 178 Å². The molecule has 1 saturated heterocycles. The van der Waals surface area contributed by atoms with Crippen molar-refractivity contribution in [3.8, 4) is 0 Å². The van der Waals surface area contributed by atoms with Gasteiger partial charge in [-0.05, 0) is 122 Å². The lowest BCUT2D eigenvalue weighted by Gasteiger charge is -2.29. The standard InChI is InChI=1S/C53H100N16O13.5C2HF3O2/c1-9-30(6)12-10-11-13-41(72)60-33(14-20-54)48(77)69-43(32(8)71)53(82)65-36(17-23-57)45(74)64-38-19-25-59-52(81)42(31(7)70)68-49(78)37(18-24-58)62-44(73)34(15-21-55)63-50(79)39(26-28(2)3)67-51(80)40(27-29(4)5)66-46(75)35(16-22-56)61-47(38)76;5*3-2(4,5)1(6)7/h28-40,42-43,70-71H,9-27,54-58H2,1-8H3,(H,59,81)(H,60,72)(H,61,76)(H,62,73)(H,63,79)(H,64,74)(H,65,82)(H,66,75)(H,67,80)(H,68,78)(H,69,77);5*(H,6,7). The highest BCUT2D eigenvalue weighted by molar-refractivity contribution is 5.99. The van der Waals surface area contributed by atoms with Crippen molar-refractivity contribution in [2.75, 3.05) is 39.3 Å². The Morgan fingerprint density at radius 2 is 0.735 bits per heavy atom. The van der Waals surface area contributed by atoms with Gasteiger partial charge in [-0.15, -0.1) is 0 Å². The number of carboxylic acids is 5. The van der Waals surface area contributed by atoms with Crippen molar-refractivity contribution in [2.24, 2.45) is 46.4 Å². The first-order valence-electron chi connectivity index (χ1n) is 35.1. The molecule has 1 heterocycles. The summed E-state index contributed by atoms with van der Waals surface area (Å²) < 4.78 is 159. The SMILES string of the molecule is CCC(C)CCCCC(=O)NC(CCN)C(=O)NC(C(=O)NC(CCN)C(=O)NC1CCNC(=O)C(C(C)O)NC(=O)C(CCN)NC(=O)C(CCN)NC(=O)C(CC(C)C)NC(=O)C(CC(C)C)NC(=O)C(CCN)NC1=O)C(C)O.O=C(O)C(F)(F)F.O=C(O)C(F)(F)F.O=C(O)C(F)(F)F.O=C(O)C(F)(F)F.O=C(O)C(F)(F)F. The lowest BCUT2D eigenvalue weighted by Crippen LogP contribution is -2.62. The van der Waals surface area contributed by atoms with Gasteiger partial charge in [0, 0.05) is 13.0 Å². The minimum atomic E-state index is -5.08. The predicted octanol–water partition coefficient (Wildman–Crippen LogP) is -2.27. The van der Waals surface area contributed by atoms with Crippen LogP contribution in [0, 0.1) is 17.8 Å². The van der Waals surface area contributed by atoms with E-state index in [1.807, 2.05) is 0 Å². The Bertz CT molecular complexity index is 3020. The fourth-order valence-corrected chi connectivity index (χ4v) is 8.76. The molecule has 0 bridgehead atoms. The van der Waals surface area contributed by atoms with Crippen LogP contribution in [0.15, 0.2) is 0 Å². The minimum Gasteiger partial charge on any atom is -0.475 e. The molecule has 1 rings (SSSR count). The van der Waals surface area contributed by atoms with Crippen LogP contribution in [0.4, 0.5) is 65.9 Å². The summed E-state index contributed by atoms with van der Waals surface area (Å²) in [7, 11) is 0. The van der Waals surface area contributed by atoms with E-state index < -0.39 is 211 Å². The number of aliphatic hydroxyl groups is 2. The third-order valence-electron chi connectivity index (χ3n) is 14.9. The number of nitrogens with one attached hydrogen (secondary N) is 11. The van der Waals surface area contributed by atoms with Gasteiger partial charge >= 0.3 is 60.7 Å². The maximum Gasteiger partial charge on any atom is 0.490 e. The number of aliphatic hydroxyl groups excluding tert-OH is 2. The lowest BCUT2D eigenvalue weighted by atomic mass is 9.99. The largest absolute Gasteiger partial charge is 0.490 e. The Hall–Kier alpha value is -9.81. The number of alkyl halides is 15. The van der Waals surface area contributed by atoms with Gasteiger partial charge in [0.15, 0.2) is 0 Å². The Labute approximate surface area is 658 Å². The molecule has 54 heteroatoms. The van der Waals surface area contributed by atoms with Crippen molar-refractivity contribution in [3.63, 3.8) is 0 Å². The van der Waals surface area contributed by atoms with E-state index in [1.165, 1.54) is 13.8 Å². The lowest BCUT2D eigenvalue weighted by molar-refractivity contribution is -0.193. The number of carbonyl (C=O) groups excluding carboxylic acids is 11. The van der Waals surface area contributed by atoms with Crippen molar-refractivity contribution in [1.29, 1.82) is 0 Å². The number of aliphatic carboxylic acids is 5. The number of amides is 11. The molecular weight excluding hydrogens is 1630 g/mol. The van der Waals surface area contributed by atoms with E-state index in [1.54, 1.807) is 27.7 Å². The number of carbonyl (C=O) groups is 16. The molecule has 680 valence electrons. The molecule has 1 aliphatic rings. The van der Waals surface area contributed by atoms with Crippen LogP contribution in [-0.4, -0.2) is 273 Å². The van der Waals surface area contributed by atoms with Crippen molar-refractivity contribution >= 4 is 94.8 Å². The maximum absolute atomic E-state index is 14.4. The van der Waals surface area contributed by atoms with E-state index >= 15 is 0 Å². The van der Waals surface area contributed by atoms with Crippen molar-refractivity contribution in [2.45, 2.75) is 242 Å². The second-order valence-corrected chi connectivity index (χ2v) is 26.0. The molecule has 13 atom stereocenters. The highest BCUT2D eigenvalue weighted by Gasteiger charge is 2.43. The molecule has 11 amide bonds. The molecule has 0 saturated carbocycles. The zero-order valence-corrected chi connectivity index (χ0v) is 64.3. The number of carboxylic acid groups (broad SMARTS) is 5. The highest BCUT2D eigenvalue weighted by Crippen LogP contribution is 2.19. The second kappa shape index (κ2) is 57.3. The zero-order chi connectivity index (χ0) is 92.6. The molecule has 117 heavy (non-hydrogen) atoms. The molecule has 1 fully saturated rings. The summed E-state index contributed by atoms with van der Waals surface area (Å²) in [6.07, 6.45) is -26.2. The van der Waals surface area contributed by atoms with Crippen molar-refractivity contribution in [1.82, 2.24) is 58.5 Å². The minimum absolute atomic E-state index is 0.0131. The normalized spacial score (nSPS) is 19.8. The maximum atomic E-state index is 14.4. The van der Waals surface area contributed by atoms with Crippen LogP contribution in [0.2, 0.25) is 0 Å². The highest BCUT2D eigenvalue weighted by atomic mass is 19.4. The van der Waals surface area contributed by atoms with E-state index in [-0.39, 0.29) is 95.9 Å². The Morgan fingerprint density at radius 3 is 1.03 bits per heavy atom. The van der Waals surface area contributed by atoms with Gasteiger partial charge in [0.05, 0.1) is 12.2 Å². The number of rotatable bonds is 29. The van der Waals surface area contributed by atoms with Gasteiger partial charge in [-0.25, -0.2) is 24.0 Å². The van der Waals surface area contributed by atoms with Gasteiger partial charge in [-0.3, -0.25) is 52.7 Å². The average molecular weight is 1740 g/mol. The summed E-state index contributed by atoms with van der Waals surface area (Å²) in [4.78, 5) is 197. The fourth-order valence-electron chi connectivity index (χ4n) is 8.76. The summed E-state index contributed by atoms with van der Waals surface area (Å²) in [5.74, 6) is -23.3. The molecule has 13 unspecified atom stereocenters. The molecular formula is C63H105F15N16O23. The molecule has 0 radical (unpaired) electrons. The molecule has 39 nitrogen and oxygen atoms in total. The number of halogens is 15. The van der Waals surface area contributed by atoms with Gasteiger partial charge in [0.25, 0.3) is 0 Å². The average Bonchev–Trinajstić information content (AvgIpc) is 1.43. The zero-order valence-electron chi connectivity index (χ0n) is 64.3. The third-order valence-corrected chi connectivity index (χ3v) is 14.9. The van der Waals surface area contributed by atoms with Crippen molar-refractivity contribution in [3.05, 3.63) is 0 Å². The van der Waals surface area contributed by atoms with E-state index in [9.17, 15) is 129 Å². The summed E-state index contributed by atoms with van der Waals surface area (Å²) in [6.45, 7) is 12.6. The molecule has 0 spiro atoms. The van der Waals surface area contributed by atoms with Crippen LogP contribution in [-0.2, 0) is 76.7 Å². The van der Waals surface area contributed by atoms with Crippen LogP contribution in [0.5, 0.6) is 0 Å². The fraction of sp³-hybridized carbons (Fsp3) is 0.746. The van der Waals surface area contributed by atoms with E-state index in [4.69, 9.17) is 78.2 Å². The van der Waals surface area contributed by atoms with Gasteiger partial charge in [0.1, 0.15) is 60.4 Å². The summed E-state index contributed by atoms with van der Waals surface area (Å²) >= 11 is 0. The van der Waals surface area contributed by atoms with Gasteiger partial charge in [-0.1, -0.05) is 60.8 Å². The Balaban J connectivity index is -0.000000976. The Kier molecular flexibility index (Phi) is 56.7. The first kappa shape index (κ1) is 116. The molecule has 1 aliphatic heterocycles. The van der Waals surface area contributed by atoms with Crippen LogP contribution in [0.1, 0.15) is 139 Å². The number of hydrogen-bond acceptors (Lipinski definition) is 23. The van der Waals surface area contributed by atoms with Crippen LogP contribution in [0.3, 0.4) is 0 Å². The quantitative estimate of drug-likeness (QED) is 0.0277. The number of hydrogen-bond donors (Lipinski definition) is 23. The molecule has 0 aromatic carbocycles. The van der Waals surface area contributed by atoms with Crippen LogP contribution >= 0.6 is 0 Å². The van der Waals surface area contributed by atoms with Crippen LogP contribution < -0.4 is 87.2 Å². The van der Waals surface area contributed by atoms with Gasteiger partial charge in [0.2, 0.25) is 65.0 Å². The molecule has 0 aromatic heterocycles. The first-order valence-corrected chi connectivity index (χ1v) is 35.1. The summed E-state index contributed by atoms with van der Waals surface area (Å²) in [5.41, 5.74) is 29.2. The molecule has 0 aliphatic carbocycles. The number of nitrogens with two attached hydrogens (primary N) is 5. The number of unbranched alkanes of at least 4 members (excludes halogenated alkanes) is 1. The smallest absolute Gasteiger partial charge is 0.475 e. The monoisotopic (exact) mass is 1740 g/mol.